The van der Waals surface area contributed by atoms with Gasteiger partial charge in [-0.25, -0.2) is 0 Å². The van der Waals surface area contributed by atoms with Crippen LogP contribution in [0, 0.1) is 77.0 Å². The largest absolute Gasteiger partial charge is 0.398 e. The fraction of sp³-hybridized carbons (Fsp3) is 0.373. The van der Waals surface area contributed by atoms with Crippen molar-refractivity contribution >= 4 is 177 Å². The summed E-state index contributed by atoms with van der Waals surface area (Å²) in [6, 6.07) is 65.9. The number of anilines is 27. The summed E-state index contributed by atoms with van der Waals surface area (Å²) in [5, 5.41) is 43.8. The van der Waals surface area contributed by atoms with Gasteiger partial charge in [0.2, 0.25) is 23.6 Å². The minimum absolute atomic E-state index is 0.161. The average Bonchev–Trinajstić information content (AvgIpc) is 0.667. The molecule has 738 valence electrons. The second-order valence-electron chi connectivity index (χ2n) is 41.7. The Morgan fingerprint density at radius 3 is 0.732 bits per heavy atom. The van der Waals surface area contributed by atoms with Crippen molar-refractivity contribution in [3.8, 4) is 0 Å². The van der Waals surface area contributed by atoms with Crippen LogP contribution in [0.2, 0.25) is 0 Å². The number of carbonyl (C=O) groups excluding carboxylic acids is 4. The quantitative estimate of drug-likeness (QED) is 0.0125. The van der Waals surface area contributed by atoms with E-state index in [1.54, 1.807) is 0 Å². The predicted molar refractivity (Wildman–Crippen MR) is 591 cm³/mol. The van der Waals surface area contributed by atoms with Gasteiger partial charge in [0.15, 0.2) is 0 Å². The number of nitrogens with zero attached hydrogens (tertiary/aromatic N) is 4. The molecule has 4 amide bonds. The van der Waals surface area contributed by atoms with E-state index in [9.17, 15) is 0 Å². The SMILES string of the molecule is Cc1cc2c(cc1N)N(C1=CC=CCC1)c1cc(NCCCCCCNC(=O)C34CC5(C(=O)NCCCCCCNc6cc7c(cc6C)Nc6cc(C)c(N)cc6N7c6ccccc6)CC(C(=O)NCCCCCCNc6cc7c(cc6C)Nc6cc(C)c(N)cc6N7c6ccccc6)(C3)CC(C(=O)NCCCCCCNc3cc6c(cc3C)Nc3cc(C)c(N)cc3N6c3ccccc3)(C4)C5)c(C)cc1N2. The van der Waals surface area contributed by atoms with Crippen LogP contribution in [-0.2, 0) is 19.2 Å². The van der Waals surface area contributed by atoms with Crippen LogP contribution >= 0.6 is 0 Å². The lowest BCUT2D eigenvalue weighted by Gasteiger charge is -2.67. The highest BCUT2D eigenvalue weighted by Gasteiger charge is 2.75. The number of benzene rings is 11. The summed E-state index contributed by atoms with van der Waals surface area (Å²) in [6.07, 6.45) is 23.9. The number of nitrogens with two attached hydrogens (primary N) is 4. The molecule has 0 aromatic heterocycles. The van der Waals surface area contributed by atoms with Crippen molar-refractivity contribution < 1.29 is 19.2 Å². The fourth-order valence-corrected chi connectivity index (χ4v) is 23.9. The van der Waals surface area contributed by atoms with E-state index in [4.69, 9.17) is 22.9 Å². The zero-order valence-corrected chi connectivity index (χ0v) is 84.0. The molecular weight excluding hydrogens is 1760 g/mol. The van der Waals surface area contributed by atoms with Crippen LogP contribution in [0.1, 0.15) is 199 Å². The molecule has 4 bridgehead atoms. The lowest BCUT2D eigenvalue weighted by Crippen LogP contribution is -2.72. The first kappa shape index (κ1) is 96.5. The summed E-state index contributed by atoms with van der Waals surface area (Å²) in [4.78, 5) is 73.0. The molecular formula is C118H142N20O4. The third-order valence-electron chi connectivity index (χ3n) is 31.0. The van der Waals surface area contributed by atoms with Crippen molar-refractivity contribution in [1.82, 2.24) is 21.3 Å². The third-order valence-corrected chi connectivity index (χ3v) is 31.0. The second-order valence-corrected chi connectivity index (χ2v) is 41.7. The van der Waals surface area contributed by atoms with Crippen molar-refractivity contribution in [2.75, 3.05) is 137 Å². The molecule has 0 saturated heterocycles. The molecule has 11 aromatic rings. The van der Waals surface area contributed by atoms with Crippen molar-refractivity contribution in [2.24, 2.45) is 21.7 Å². The minimum Gasteiger partial charge on any atom is -0.398 e. The molecule has 0 spiro atoms. The highest BCUT2D eigenvalue weighted by atomic mass is 16.2. The summed E-state index contributed by atoms with van der Waals surface area (Å²) < 4.78 is 0. The number of aryl methyl sites for hydroxylation is 8. The van der Waals surface area contributed by atoms with E-state index in [2.05, 4.69) is 306 Å². The number of para-hydroxylation sites is 3. The smallest absolute Gasteiger partial charge is 0.226 e. The maximum Gasteiger partial charge on any atom is 0.226 e. The minimum atomic E-state index is -1.17. The topological polar surface area (TPSA) is 330 Å². The predicted octanol–water partition coefficient (Wildman–Crippen LogP) is 26.3. The lowest BCUT2D eigenvalue weighted by atomic mass is 9.34. The van der Waals surface area contributed by atoms with Crippen LogP contribution in [0.4, 0.5) is 154 Å². The van der Waals surface area contributed by atoms with Crippen LogP contribution in [0.3, 0.4) is 0 Å². The van der Waals surface area contributed by atoms with Gasteiger partial charge in [0.05, 0.1) is 113 Å². The first-order valence-corrected chi connectivity index (χ1v) is 51.9. The van der Waals surface area contributed by atoms with Gasteiger partial charge >= 0.3 is 0 Å². The van der Waals surface area contributed by atoms with Gasteiger partial charge in [-0.1, -0.05) is 118 Å². The molecule has 24 nitrogen and oxygen atoms in total. The van der Waals surface area contributed by atoms with E-state index in [1.807, 2.05) is 39.0 Å². The summed E-state index contributed by atoms with van der Waals surface area (Å²) in [5.41, 5.74) is 58.2. The molecule has 5 aliphatic carbocycles. The maximum absolute atomic E-state index is 16.0. The van der Waals surface area contributed by atoms with E-state index >= 15 is 19.2 Å². The van der Waals surface area contributed by atoms with Gasteiger partial charge < -0.3 is 106 Å². The molecule has 4 aliphatic heterocycles. The molecule has 4 fully saturated rings. The standard InChI is InChI=1S/C118H142N20O4/c1-75-53-95-103(61-87(75)119)135(83-37-21-17-22-38-83)107-65-91(79(5)57-99(107)131-95)123-45-29-9-13-33-49-127-111(139)115-69-116(112(140)128-50-34-14-10-30-46-124-92-66-108-100(58-80(92)6)132-96-54-76(2)88(120)62-104(96)136(108)84-39-23-18-24-40-84)72-117(70-115,113(141)129-51-35-15-11-31-47-125-93-67-109-101(59-81(93)7)133-97-55-77(3)89(121)63-105(97)137(109)85-41-25-19-26-42-85)74-118(71-115,73-116)114(142)130-52-36-16-12-32-48-126-94-68-110-102(60-82(94)8)134-98-56-78(4)90(122)64-106(98)138(110)86-43-27-20-28-44-86/h17-27,37-43,53-68,123-126,131-134H,9-16,28-36,44-52,69-74,119-122H2,1-8H3,(H,127,139)(H,128,140)(H,129,141)(H,130,142). The second kappa shape index (κ2) is 41.4. The molecule has 24 heteroatoms. The first-order chi connectivity index (χ1) is 68.8. The van der Waals surface area contributed by atoms with Gasteiger partial charge in [-0.15, -0.1) is 0 Å². The number of hydrogen-bond donors (Lipinski definition) is 16. The molecule has 0 unspecified atom stereocenters. The van der Waals surface area contributed by atoms with Crippen molar-refractivity contribution in [3.63, 3.8) is 0 Å². The molecule has 4 heterocycles. The van der Waals surface area contributed by atoms with Crippen LogP contribution in [0.15, 0.2) is 212 Å². The molecule has 20 N–H and O–H groups in total. The summed E-state index contributed by atoms with van der Waals surface area (Å²) in [6.45, 7) is 21.5. The summed E-state index contributed by atoms with van der Waals surface area (Å²) in [7, 11) is 0. The normalized spacial score (nSPS) is 18.3. The highest BCUT2D eigenvalue weighted by Crippen LogP contribution is 2.74. The molecule has 9 aliphatic rings. The monoisotopic (exact) mass is 1900 g/mol. The fourth-order valence-electron chi connectivity index (χ4n) is 23.9. The van der Waals surface area contributed by atoms with Gasteiger partial charge in [-0.3, -0.25) is 19.2 Å². The van der Waals surface area contributed by atoms with E-state index in [0.717, 1.165) is 340 Å². The van der Waals surface area contributed by atoms with E-state index in [1.165, 1.54) is 5.70 Å². The van der Waals surface area contributed by atoms with E-state index in [0.29, 0.717) is 26.2 Å². The van der Waals surface area contributed by atoms with Crippen LogP contribution in [0.25, 0.3) is 0 Å². The maximum atomic E-state index is 16.0. The van der Waals surface area contributed by atoms with E-state index in [-0.39, 0.29) is 62.2 Å². The molecule has 4 saturated carbocycles. The summed E-state index contributed by atoms with van der Waals surface area (Å²) >= 11 is 0. The Kier molecular flexibility index (Phi) is 28.1. The number of amides is 4. The molecule has 11 aromatic carbocycles. The number of nitrogens with one attached hydrogen (secondary N) is 12. The summed E-state index contributed by atoms with van der Waals surface area (Å²) in [5.74, 6) is -0.647. The lowest BCUT2D eigenvalue weighted by molar-refractivity contribution is -0.208. The third kappa shape index (κ3) is 19.8. The van der Waals surface area contributed by atoms with Gasteiger partial charge in [-0.2, -0.15) is 0 Å². The zero-order chi connectivity index (χ0) is 98.6. The number of unbranched alkanes of at least 4 members (excludes halogenated alkanes) is 12. The van der Waals surface area contributed by atoms with E-state index < -0.39 is 21.7 Å². The Morgan fingerprint density at radius 1 is 0.275 bits per heavy atom. The molecule has 0 atom stereocenters. The Morgan fingerprint density at radius 2 is 0.493 bits per heavy atom. The van der Waals surface area contributed by atoms with Gasteiger partial charge in [0, 0.05) is 121 Å². The number of carbonyl (C=O) groups is 4. The van der Waals surface area contributed by atoms with Gasteiger partial charge in [0.1, 0.15) is 0 Å². The molecule has 0 radical (unpaired) electrons. The Balaban J connectivity index is 0.525. The molecule has 142 heavy (non-hydrogen) atoms. The van der Waals surface area contributed by atoms with Crippen LogP contribution in [-0.4, -0.2) is 76.0 Å². The Hall–Kier alpha value is -14.4. The molecule has 20 rings (SSSR count). The van der Waals surface area contributed by atoms with Gasteiger partial charge in [0.25, 0.3) is 0 Å². The Labute approximate surface area is 837 Å². The number of rotatable bonds is 40. The number of fused-ring (bicyclic) bond motifs is 8. The number of allylic oxidation sites excluding steroid dienone is 4. The van der Waals surface area contributed by atoms with Gasteiger partial charge in [-0.05, 0) is 342 Å². The average molecular weight is 1900 g/mol. The van der Waals surface area contributed by atoms with Crippen LogP contribution < -0.4 is 106 Å². The number of hydrogen-bond acceptors (Lipinski definition) is 20. The number of nitrogen functional groups attached to an aromatic ring is 4. The highest BCUT2D eigenvalue weighted by molar-refractivity contribution is 6.05. The van der Waals surface area contributed by atoms with Crippen molar-refractivity contribution in [2.45, 2.75) is 209 Å². The zero-order valence-electron chi connectivity index (χ0n) is 84.0. The first-order valence-electron chi connectivity index (χ1n) is 51.9. The van der Waals surface area contributed by atoms with Crippen molar-refractivity contribution in [3.05, 3.63) is 256 Å². The van der Waals surface area contributed by atoms with Crippen LogP contribution in [0.5, 0.6) is 0 Å². The van der Waals surface area contributed by atoms with Crippen molar-refractivity contribution in [1.29, 1.82) is 0 Å². The Bertz CT molecular complexity index is 6160.